The van der Waals surface area contributed by atoms with Crippen molar-refractivity contribution < 1.29 is 9.34 Å². The Bertz CT molecular complexity index is 634. The molecule has 0 atom stereocenters. The Morgan fingerprint density at radius 3 is 2.67 bits per heavy atom. The number of thiocarbonyl (C=S) groups is 1. The smallest absolute Gasteiger partial charge is 0.270 e. The number of nitrogens with zero attached hydrogens (tertiary/aromatic N) is 1. The summed E-state index contributed by atoms with van der Waals surface area (Å²) in [5.41, 5.74) is 7.01. The van der Waals surface area contributed by atoms with E-state index < -0.39 is 4.92 Å². The van der Waals surface area contributed by atoms with E-state index in [9.17, 15) is 10.1 Å². The minimum atomic E-state index is -0.444. The highest BCUT2D eigenvalue weighted by molar-refractivity contribution is 7.80. The van der Waals surface area contributed by atoms with Gasteiger partial charge in [0.15, 0.2) is 5.76 Å². The fraction of sp³-hybridized carbons (Fsp3) is 0.0833. The molecule has 1 aromatic heterocycles. The number of aryl methyl sites for hydroxylation is 1. The molecule has 0 aliphatic rings. The largest absolute Gasteiger partial charge is 0.454 e. The van der Waals surface area contributed by atoms with Crippen LogP contribution in [0.4, 0.5) is 5.69 Å². The van der Waals surface area contributed by atoms with Crippen molar-refractivity contribution in [2.75, 3.05) is 0 Å². The fourth-order valence-electron chi connectivity index (χ4n) is 1.60. The summed E-state index contributed by atoms with van der Waals surface area (Å²) >= 11 is 4.80. The van der Waals surface area contributed by atoms with E-state index >= 15 is 0 Å². The molecular weight excluding hydrogens is 252 g/mol. The van der Waals surface area contributed by atoms with E-state index in [4.69, 9.17) is 22.4 Å². The first-order valence-electron chi connectivity index (χ1n) is 5.14. The topological polar surface area (TPSA) is 82.3 Å². The van der Waals surface area contributed by atoms with E-state index in [1.54, 1.807) is 18.2 Å². The number of nitro groups is 1. The van der Waals surface area contributed by atoms with Gasteiger partial charge in [-0.2, -0.15) is 0 Å². The summed E-state index contributed by atoms with van der Waals surface area (Å²) in [5, 5.41) is 10.7. The predicted molar refractivity (Wildman–Crippen MR) is 71.4 cm³/mol. The van der Waals surface area contributed by atoms with Gasteiger partial charge in [0.05, 0.1) is 4.92 Å². The van der Waals surface area contributed by atoms with Crippen LogP contribution in [-0.2, 0) is 0 Å². The SMILES string of the molecule is Cc1ccc([N+](=O)[O-])cc1-c1ccc(C(N)=S)o1. The number of benzene rings is 1. The van der Waals surface area contributed by atoms with Gasteiger partial charge < -0.3 is 10.2 Å². The van der Waals surface area contributed by atoms with Crippen molar-refractivity contribution in [2.45, 2.75) is 6.92 Å². The van der Waals surface area contributed by atoms with Gasteiger partial charge in [-0.1, -0.05) is 18.3 Å². The average molecular weight is 262 g/mol. The van der Waals surface area contributed by atoms with Crippen molar-refractivity contribution in [2.24, 2.45) is 5.73 Å². The Kier molecular flexibility index (Phi) is 3.12. The predicted octanol–water partition coefficient (Wildman–Crippen LogP) is 2.80. The summed E-state index contributed by atoms with van der Waals surface area (Å²) in [4.78, 5) is 10.5. The second-order valence-corrected chi connectivity index (χ2v) is 4.22. The molecule has 1 aromatic carbocycles. The van der Waals surface area contributed by atoms with Crippen LogP contribution in [0.25, 0.3) is 11.3 Å². The molecule has 0 amide bonds. The number of hydrogen-bond donors (Lipinski definition) is 1. The van der Waals surface area contributed by atoms with E-state index in [1.807, 2.05) is 6.92 Å². The first-order valence-corrected chi connectivity index (χ1v) is 5.55. The normalized spacial score (nSPS) is 10.3. The molecule has 92 valence electrons. The Morgan fingerprint density at radius 2 is 2.11 bits per heavy atom. The van der Waals surface area contributed by atoms with E-state index in [1.165, 1.54) is 12.1 Å². The molecule has 0 aliphatic carbocycles. The third-order valence-corrected chi connectivity index (χ3v) is 2.75. The lowest BCUT2D eigenvalue weighted by Gasteiger charge is -2.02. The maximum Gasteiger partial charge on any atom is 0.270 e. The standard InChI is InChI=1S/C12H10N2O3S/c1-7-2-3-8(14(15)16)6-9(7)10-4-5-11(17-10)12(13)18/h2-6H,1H3,(H2,13,18). The van der Waals surface area contributed by atoms with Crippen molar-refractivity contribution in [3.8, 4) is 11.3 Å². The zero-order chi connectivity index (χ0) is 13.3. The van der Waals surface area contributed by atoms with Crippen LogP contribution in [0.5, 0.6) is 0 Å². The van der Waals surface area contributed by atoms with Crippen LogP contribution in [0.1, 0.15) is 11.3 Å². The van der Waals surface area contributed by atoms with Crippen molar-refractivity contribution in [3.63, 3.8) is 0 Å². The second kappa shape index (κ2) is 4.58. The number of rotatable bonds is 3. The molecule has 0 saturated carbocycles. The van der Waals surface area contributed by atoms with E-state index in [2.05, 4.69) is 0 Å². The molecule has 0 saturated heterocycles. The first kappa shape index (κ1) is 12.3. The molecule has 0 aliphatic heterocycles. The van der Waals surface area contributed by atoms with Crippen LogP contribution in [0, 0.1) is 17.0 Å². The van der Waals surface area contributed by atoms with Crippen LogP contribution >= 0.6 is 12.2 Å². The summed E-state index contributed by atoms with van der Waals surface area (Å²) in [6, 6.07) is 7.95. The van der Waals surface area contributed by atoms with E-state index in [0.717, 1.165) is 5.56 Å². The molecule has 2 N–H and O–H groups in total. The Balaban J connectivity index is 2.51. The molecule has 0 spiro atoms. The number of non-ortho nitro benzene ring substituents is 1. The minimum absolute atomic E-state index is 0.0175. The summed E-state index contributed by atoms with van der Waals surface area (Å²) in [6.45, 7) is 1.85. The Hall–Kier alpha value is -2.21. The second-order valence-electron chi connectivity index (χ2n) is 3.78. The Labute approximate surface area is 108 Å². The molecule has 0 fully saturated rings. The Morgan fingerprint density at radius 1 is 1.39 bits per heavy atom. The van der Waals surface area contributed by atoms with Crippen LogP contribution in [-0.4, -0.2) is 9.91 Å². The van der Waals surface area contributed by atoms with Gasteiger partial charge >= 0.3 is 0 Å². The zero-order valence-electron chi connectivity index (χ0n) is 9.54. The summed E-state index contributed by atoms with van der Waals surface area (Å²) < 4.78 is 5.46. The highest BCUT2D eigenvalue weighted by atomic mass is 32.1. The van der Waals surface area contributed by atoms with Gasteiger partial charge in [-0.25, -0.2) is 0 Å². The highest BCUT2D eigenvalue weighted by Crippen LogP contribution is 2.29. The molecule has 1 heterocycles. The first-order chi connectivity index (χ1) is 8.49. The quantitative estimate of drug-likeness (QED) is 0.522. The zero-order valence-corrected chi connectivity index (χ0v) is 10.4. The van der Waals surface area contributed by atoms with Gasteiger partial charge in [0.25, 0.3) is 5.69 Å². The van der Waals surface area contributed by atoms with Crippen molar-refractivity contribution >= 4 is 22.9 Å². The lowest BCUT2D eigenvalue weighted by atomic mass is 10.1. The van der Waals surface area contributed by atoms with Gasteiger partial charge in [-0.05, 0) is 24.6 Å². The molecule has 2 aromatic rings. The van der Waals surface area contributed by atoms with Crippen LogP contribution < -0.4 is 5.73 Å². The number of nitrogens with two attached hydrogens (primary N) is 1. The maximum atomic E-state index is 10.7. The molecule has 0 radical (unpaired) electrons. The van der Waals surface area contributed by atoms with Crippen LogP contribution in [0.15, 0.2) is 34.7 Å². The number of furan rings is 1. The van der Waals surface area contributed by atoms with Gasteiger partial charge in [-0.3, -0.25) is 10.1 Å². The molecule has 0 bridgehead atoms. The highest BCUT2D eigenvalue weighted by Gasteiger charge is 2.13. The lowest BCUT2D eigenvalue weighted by molar-refractivity contribution is -0.384. The minimum Gasteiger partial charge on any atom is -0.454 e. The van der Waals surface area contributed by atoms with Gasteiger partial charge in [-0.15, -0.1) is 0 Å². The molecule has 6 heteroatoms. The van der Waals surface area contributed by atoms with Crippen molar-refractivity contribution in [1.29, 1.82) is 0 Å². The van der Waals surface area contributed by atoms with Crippen molar-refractivity contribution in [3.05, 3.63) is 51.8 Å². The summed E-state index contributed by atoms with van der Waals surface area (Å²) in [6.07, 6.45) is 0. The maximum absolute atomic E-state index is 10.7. The summed E-state index contributed by atoms with van der Waals surface area (Å²) in [7, 11) is 0. The van der Waals surface area contributed by atoms with E-state index in [-0.39, 0.29) is 10.7 Å². The average Bonchev–Trinajstić information content (AvgIpc) is 2.78. The lowest BCUT2D eigenvalue weighted by Crippen LogP contribution is -2.07. The number of nitro benzene ring substituents is 1. The van der Waals surface area contributed by atoms with Crippen LogP contribution in [0.2, 0.25) is 0 Å². The third-order valence-electron chi connectivity index (χ3n) is 2.55. The fourth-order valence-corrected chi connectivity index (χ4v) is 1.71. The van der Waals surface area contributed by atoms with Gasteiger partial charge in [0.1, 0.15) is 10.7 Å². The molecule has 0 unspecified atom stereocenters. The monoisotopic (exact) mass is 262 g/mol. The third kappa shape index (κ3) is 2.23. The van der Waals surface area contributed by atoms with Gasteiger partial charge in [0.2, 0.25) is 0 Å². The molecular formula is C12H10N2O3S. The van der Waals surface area contributed by atoms with E-state index in [0.29, 0.717) is 17.1 Å². The summed E-state index contributed by atoms with van der Waals surface area (Å²) in [5.74, 6) is 0.907. The van der Waals surface area contributed by atoms with Gasteiger partial charge in [0, 0.05) is 17.7 Å². The molecule has 2 rings (SSSR count). The molecule has 5 nitrogen and oxygen atoms in total. The number of hydrogen-bond acceptors (Lipinski definition) is 4. The molecule has 18 heavy (non-hydrogen) atoms. The van der Waals surface area contributed by atoms with Crippen molar-refractivity contribution in [1.82, 2.24) is 0 Å². The van der Waals surface area contributed by atoms with Crippen LogP contribution in [0.3, 0.4) is 0 Å².